The van der Waals surface area contributed by atoms with E-state index in [0.717, 1.165) is 16.5 Å². The summed E-state index contributed by atoms with van der Waals surface area (Å²) in [6.45, 7) is 3.16. The second-order valence-corrected chi connectivity index (χ2v) is 7.68. The predicted octanol–water partition coefficient (Wildman–Crippen LogP) is 3.13. The van der Waals surface area contributed by atoms with Crippen LogP contribution in [0.4, 0.5) is 0 Å². The number of para-hydroxylation sites is 1. The van der Waals surface area contributed by atoms with Gasteiger partial charge in [0.1, 0.15) is 17.3 Å². The summed E-state index contributed by atoms with van der Waals surface area (Å²) < 4.78 is 8.78. The van der Waals surface area contributed by atoms with Gasteiger partial charge in [-0.1, -0.05) is 48.0 Å². The number of rotatable bonds is 6. The van der Waals surface area contributed by atoms with Crippen molar-refractivity contribution in [2.24, 2.45) is 0 Å². The highest BCUT2D eigenvalue weighted by Gasteiger charge is 2.13. The highest BCUT2D eigenvalue weighted by Crippen LogP contribution is 2.18. The van der Waals surface area contributed by atoms with Crippen LogP contribution >= 0.6 is 0 Å². The van der Waals surface area contributed by atoms with Gasteiger partial charge in [-0.05, 0) is 24.6 Å². The molecule has 2 aromatic carbocycles. The SMILES string of the molecule is Cc1cccc(Cn2cnc3c(cnn3CCNC(=O)c3cc4ccccc4o3)c2=O)c1. The van der Waals surface area contributed by atoms with Gasteiger partial charge in [0.05, 0.1) is 19.3 Å². The van der Waals surface area contributed by atoms with E-state index in [1.54, 1.807) is 15.3 Å². The lowest BCUT2D eigenvalue weighted by Gasteiger charge is -2.07. The minimum Gasteiger partial charge on any atom is -0.451 e. The second-order valence-electron chi connectivity index (χ2n) is 7.68. The summed E-state index contributed by atoms with van der Waals surface area (Å²) in [6, 6.07) is 17.2. The van der Waals surface area contributed by atoms with Crippen molar-refractivity contribution in [3.8, 4) is 0 Å². The Morgan fingerprint density at radius 2 is 2.00 bits per heavy atom. The molecule has 0 aliphatic heterocycles. The van der Waals surface area contributed by atoms with Crippen molar-refractivity contribution in [1.29, 1.82) is 0 Å². The van der Waals surface area contributed by atoms with Gasteiger partial charge >= 0.3 is 0 Å². The fraction of sp³-hybridized carbons (Fsp3) is 0.167. The Morgan fingerprint density at radius 3 is 2.84 bits per heavy atom. The van der Waals surface area contributed by atoms with Crippen LogP contribution in [-0.4, -0.2) is 31.8 Å². The molecule has 0 spiro atoms. The molecule has 0 bridgehead atoms. The summed E-state index contributed by atoms with van der Waals surface area (Å²) >= 11 is 0. The normalized spacial score (nSPS) is 11.3. The van der Waals surface area contributed by atoms with Gasteiger partial charge in [-0.25, -0.2) is 9.67 Å². The van der Waals surface area contributed by atoms with Crippen molar-refractivity contribution in [2.75, 3.05) is 6.54 Å². The van der Waals surface area contributed by atoms with Gasteiger partial charge in [-0.15, -0.1) is 0 Å². The molecule has 3 heterocycles. The van der Waals surface area contributed by atoms with E-state index in [9.17, 15) is 9.59 Å². The molecule has 0 radical (unpaired) electrons. The minimum absolute atomic E-state index is 0.144. The molecule has 8 heteroatoms. The van der Waals surface area contributed by atoms with Crippen LogP contribution in [0.1, 0.15) is 21.7 Å². The molecular formula is C24H21N5O3. The van der Waals surface area contributed by atoms with E-state index in [1.165, 1.54) is 12.5 Å². The van der Waals surface area contributed by atoms with Crippen molar-refractivity contribution in [3.63, 3.8) is 0 Å². The van der Waals surface area contributed by atoms with Crippen LogP contribution in [0, 0.1) is 6.92 Å². The van der Waals surface area contributed by atoms with Crippen LogP contribution in [0.15, 0.2) is 76.3 Å². The largest absolute Gasteiger partial charge is 0.451 e. The highest BCUT2D eigenvalue weighted by atomic mass is 16.3. The lowest BCUT2D eigenvalue weighted by Crippen LogP contribution is -2.27. The number of furan rings is 1. The number of aromatic nitrogens is 4. The number of aryl methyl sites for hydroxylation is 1. The number of nitrogens with one attached hydrogen (secondary N) is 1. The van der Waals surface area contributed by atoms with Crippen molar-refractivity contribution < 1.29 is 9.21 Å². The molecule has 0 aliphatic rings. The topological polar surface area (TPSA) is 95.0 Å². The maximum Gasteiger partial charge on any atom is 0.287 e. The number of carbonyl (C=O) groups is 1. The fourth-order valence-corrected chi connectivity index (χ4v) is 3.74. The van der Waals surface area contributed by atoms with Crippen molar-refractivity contribution in [3.05, 3.63) is 94.4 Å². The Bertz CT molecular complexity index is 1460. The number of hydrogen-bond donors (Lipinski definition) is 1. The molecule has 1 amide bonds. The van der Waals surface area contributed by atoms with Crippen LogP contribution < -0.4 is 10.9 Å². The lowest BCUT2D eigenvalue weighted by molar-refractivity contribution is 0.0926. The van der Waals surface area contributed by atoms with E-state index in [2.05, 4.69) is 15.4 Å². The monoisotopic (exact) mass is 427 g/mol. The lowest BCUT2D eigenvalue weighted by atomic mass is 10.1. The maximum absolute atomic E-state index is 12.9. The molecule has 8 nitrogen and oxygen atoms in total. The van der Waals surface area contributed by atoms with Gasteiger partial charge in [0.25, 0.3) is 11.5 Å². The number of benzene rings is 2. The number of fused-ring (bicyclic) bond motifs is 2. The Balaban J connectivity index is 1.28. The molecule has 0 atom stereocenters. The number of amides is 1. The third-order valence-corrected chi connectivity index (χ3v) is 5.32. The molecule has 160 valence electrons. The quantitative estimate of drug-likeness (QED) is 0.449. The number of nitrogens with zero attached hydrogens (tertiary/aromatic N) is 4. The fourth-order valence-electron chi connectivity index (χ4n) is 3.74. The van der Waals surface area contributed by atoms with Gasteiger partial charge in [0, 0.05) is 11.9 Å². The van der Waals surface area contributed by atoms with E-state index < -0.39 is 0 Å². The van der Waals surface area contributed by atoms with Gasteiger partial charge in [0.15, 0.2) is 11.4 Å². The predicted molar refractivity (Wildman–Crippen MR) is 121 cm³/mol. The second kappa shape index (κ2) is 8.14. The van der Waals surface area contributed by atoms with Gasteiger partial charge in [0.2, 0.25) is 0 Å². The molecule has 32 heavy (non-hydrogen) atoms. The molecule has 0 aliphatic carbocycles. The zero-order chi connectivity index (χ0) is 22.1. The first-order valence-corrected chi connectivity index (χ1v) is 10.3. The molecule has 5 aromatic rings. The molecule has 1 N–H and O–H groups in total. The van der Waals surface area contributed by atoms with Crippen molar-refractivity contribution in [1.82, 2.24) is 24.6 Å². The summed E-state index contributed by atoms with van der Waals surface area (Å²) in [7, 11) is 0. The van der Waals surface area contributed by atoms with E-state index >= 15 is 0 Å². The van der Waals surface area contributed by atoms with Crippen LogP contribution in [0.3, 0.4) is 0 Å². The average Bonchev–Trinajstić information content (AvgIpc) is 3.40. The molecule has 0 saturated carbocycles. The van der Waals surface area contributed by atoms with Crippen LogP contribution in [0.2, 0.25) is 0 Å². The smallest absolute Gasteiger partial charge is 0.287 e. The van der Waals surface area contributed by atoms with Crippen LogP contribution in [0.25, 0.3) is 22.0 Å². The minimum atomic E-state index is -0.300. The maximum atomic E-state index is 12.9. The zero-order valence-corrected chi connectivity index (χ0v) is 17.5. The molecular weight excluding hydrogens is 406 g/mol. The Kier molecular flexibility index (Phi) is 5.03. The summed E-state index contributed by atoms with van der Waals surface area (Å²) in [6.07, 6.45) is 3.07. The Labute approximate surface area is 183 Å². The Hall–Kier alpha value is -4.20. The third-order valence-electron chi connectivity index (χ3n) is 5.32. The van der Waals surface area contributed by atoms with Crippen molar-refractivity contribution in [2.45, 2.75) is 20.0 Å². The van der Waals surface area contributed by atoms with Crippen LogP contribution in [-0.2, 0) is 13.1 Å². The summed E-state index contributed by atoms with van der Waals surface area (Å²) in [4.78, 5) is 29.7. The highest BCUT2D eigenvalue weighted by molar-refractivity contribution is 5.96. The van der Waals surface area contributed by atoms with E-state index in [-0.39, 0.29) is 17.2 Å². The molecule has 3 aromatic heterocycles. The van der Waals surface area contributed by atoms with Gasteiger partial charge < -0.3 is 9.73 Å². The molecule has 5 rings (SSSR count). The number of carbonyl (C=O) groups excluding carboxylic acids is 1. The third kappa shape index (κ3) is 3.78. The first kappa shape index (κ1) is 19.7. The van der Waals surface area contributed by atoms with Crippen molar-refractivity contribution >= 4 is 27.9 Å². The van der Waals surface area contributed by atoms with E-state index in [0.29, 0.717) is 36.3 Å². The summed E-state index contributed by atoms with van der Waals surface area (Å²) in [5.41, 5.74) is 3.19. The first-order valence-electron chi connectivity index (χ1n) is 10.3. The standard InChI is InChI=1S/C24H21N5O3/c1-16-5-4-6-17(11-16)14-28-15-26-22-19(24(28)31)13-27-29(22)10-9-25-23(30)21-12-18-7-2-3-8-20(18)32-21/h2-8,11-13,15H,9-10,14H2,1H3,(H,25,30). The summed E-state index contributed by atoms with van der Waals surface area (Å²) in [5, 5.41) is 8.44. The summed E-state index contributed by atoms with van der Waals surface area (Å²) in [5.74, 6) is -0.0418. The molecule has 0 saturated heterocycles. The van der Waals surface area contributed by atoms with Gasteiger partial charge in [-0.2, -0.15) is 5.10 Å². The van der Waals surface area contributed by atoms with Gasteiger partial charge in [-0.3, -0.25) is 14.2 Å². The molecule has 0 fully saturated rings. The Morgan fingerprint density at radius 1 is 1.12 bits per heavy atom. The first-order chi connectivity index (χ1) is 15.6. The molecule has 0 unspecified atom stereocenters. The van der Waals surface area contributed by atoms with E-state index in [4.69, 9.17) is 4.42 Å². The average molecular weight is 427 g/mol. The zero-order valence-electron chi connectivity index (χ0n) is 17.5. The van der Waals surface area contributed by atoms with E-state index in [1.807, 2.05) is 55.5 Å². The number of hydrogen-bond acceptors (Lipinski definition) is 5. The van der Waals surface area contributed by atoms with Crippen LogP contribution in [0.5, 0.6) is 0 Å².